The third-order valence-corrected chi connectivity index (χ3v) is 2.23. The van der Waals surface area contributed by atoms with Gasteiger partial charge in [-0.1, -0.05) is 0 Å². The SMILES string of the molecule is CC(=O)c1cc2cc(NC=O)ccc2[nH]1. The lowest BCUT2D eigenvalue weighted by Gasteiger charge is -1.96. The first-order valence-electron chi connectivity index (χ1n) is 4.54. The molecular formula is C11H10N2O2. The molecule has 2 rings (SSSR count). The molecule has 4 heteroatoms. The maximum Gasteiger partial charge on any atom is 0.211 e. The van der Waals surface area contributed by atoms with Crippen molar-refractivity contribution in [3.8, 4) is 0 Å². The Morgan fingerprint density at radius 2 is 2.20 bits per heavy atom. The van der Waals surface area contributed by atoms with Crippen molar-refractivity contribution in [1.82, 2.24) is 4.98 Å². The van der Waals surface area contributed by atoms with Crippen LogP contribution in [0.5, 0.6) is 0 Å². The van der Waals surface area contributed by atoms with Crippen molar-refractivity contribution in [2.75, 3.05) is 5.32 Å². The number of carbonyl (C=O) groups is 2. The standard InChI is InChI=1S/C11H10N2O2/c1-7(15)11-5-8-4-9(12-6-14)2-3-10(8)13-11/h2-6,13H,1H3,(H,12,14). The first-order valence-corrected chi connectivity index (χ1v) is 4.54. The Morgan fingerprint density at radius 3 is 2.87 bits per heavy atom. The largest absolute Gasteiger partial charge is 0.352 e. The summed E-state index contributed by atoms with van der Waals surface area (Å²) in [6, 6.07) is 7.19. The lowest BCUT2D eigenvalue weighted by atomic mass is 10.2. The second-order valence-electron chi connectivity index (χ2n) is 3.30. The van der Waals surface area contributed by atoms with Gasteiger partial charge >= 0.3 is 0 Å². The number of hydrogen-bond donors (Lipinski definition) is 2. The Labute approximate surface area is 86.3 Å². The smallest absolute Gasteiger partial charge is 0.211 e. The van der Waals surface area contributed by atoms with E-state index in [-0.39, 0.29) is 5.78 Å². The van der Waals surface area contributed by atoms with Crippen molar-refractivity contribution in [3.05, 3.63) is 30.0 Å². The second kappa shape index (κ2) is 3.57. The Hall–Kier alpha value is -2.10. The Bertz CT molecular complexity index is 528. The first-order chi connectivity index (χ1) is 7.20. The van der Waals surface area contributed by atoms with Gasteiger partial charge in [-0.25, -0.2) is 0 Å². The average Bonchev–Trinajstić information content (AvgIpc) is 2.61. The van der Waals surface area contributed by atoms with Gasteiger partial charge < -0.3 is 10.3 Å². The normalized spacial score (nSPS) is 10.2. The van der Waals surface area contributed by atoms with Crippen molar-refractivity contribution in [2.45, 2.75) is 6.92 Å². The average molecular weight is 202 g/mol. The summed E-state index contributed by atoms with van der Waals surface area (Å²) in [7, 11) is 0. The van der Waals surface area contributed by atoms with Crippen LogP contribution >= 0.6 is 0 Å². The van der Waals surface area contributed by atoms with Crippen LogP contribution < -0.4 is 5.32 Å². The highest BCUT2D eigenvalue weighted by atomic mass is 16.1. The minimum atomic E-state index is -0.00361. The molecule has 0 radical (unpaired) electrons. The van der Waals surface area contributed by atoms with Crippen LogP contribution in [0.15, 0.2) is 24.3 Å². The summed E-state index contributed by atoms with van der Waals surface area (Å²) in [6.45, 7) is 1.51. The highest BCUT2D eigenvalue weighted by Crippen LogP contribution is 2.19. The minimum absolute atomic E-state index is 0.00361. The van der Waals surface area contributed by atoms with E-state index in [1.807, 2.05) is 12.1 Å². The molecule has 0 unspecified atom stereocenters. The summed E-state index contributed by atoms with van der Waals surface area (Å²) in [4.78, 5) is 24.4. The van der Waals surface area contributed by atoms with E-state index in [0.29, 0.717) is 17.8 Å². The van der Waals surface area contributed by atoms with Crippen LogP contribution in [-0.4, -0.2) is 17.2 Å². The topological polar surface area (TPSA) is 62.0 Å². The molecule has 1 heterocycles. The van der Waals surface area contributed by atoms with Crippen LogP contribution in [0.3, 0.4) is 0 Å². The molecule has 0 bridgehead atoms. The second-order valence-corrected chi connectivity index (χ2v) is 3.30. The maximum absolute atomic E-state index is 11.1. The van der Waals surface area contributed by atoms with E-state index < -0.39 is 0 Å². The number of H-pyrrole nitrogens is 1. The molecule has 15 heavy (non-hydrogen) atoms. The molecule has 0 saturated heterocycles. The monoisotopic (exact) mass is 202 g/mol. The van der Waals surface area contributed by atoms with Gasteiger partial charge in [0.15, 0.2) is 5.78 Å². The van der Waals surface area contributed by atoms with E-state index in [9.17, 15) is 9.59 Å². The number of hydrogen-bond acceptors (Lipinski definition) is 2. The Morgan fingerprint density at radius 1 is 1.40 bits per heavy atom. The number of carbonyl (C=O) groups excluding carboxylic acids is 2. The number of benzene rings is 1. The number of nitrogens with one attached hydrogen (secondary N) is 2. The predicted octanol–water partition coefficient (Wildman–Crippen LogP) is 1.94. The molecule has 0 spiro atoms. The lowest BCUT2D eigenvalue weighted by molar-refractivity contribution is -0.105. The number of amides is 1. The summed E-state index contributed by atoms with van der Waals surface area (Å²) in [6.07, 6.45) is 0.625. The van der Waals surface area contributed by atoms with Gasteiger partial charge in [-0.2, -0.15) is 0 Å². The van der Waals surface area contributed by atoms with E-state index >= 15 is 0 Å². The van der Waals surface area contributed by atoms with Crippen molar-refractivity contribution in [2.24, 2.45) is 0 Å². The molecule has 2 N–H and O–H groups in total. The third kappa shape index (κ3) is 1.74. The summed E-state index contributed by atoms with van der Waals surface area (Å²) in [5.74, 6) is -0.00361. The van der Waals surface area contributed by atoms with Crippen LogP contribution in [0.1, 0.15) is 17.4 Å². The fourth-order valence-electron chi connectivity index (χ4n) is 1.48. The van der Waals surface area contributed by atoms with Gasteiger partial charge in [-0.15, -0.1) is 0 Å². The molecule has 0 fully saturated rings. The lowest BCUT2D eigenvalue weighted by Crippen LogP contribution is -1.92. The van der Waals surface area contributed by atoms with Crippen molar-refractivity contribution < 1.29 is 9.59 Å². The molecule has 1 aromatic carbocycles. The number of anilines is 1. The molecule has 0 aliphatic heterocycles. The number of ketones is 1. The number of Topliss-reactive ketones (excluding diaryl/α,β-unsaturated/α-hetero) is 1. The summed E-state index contributed by atoms with van der Waals surface area (Å²) < 4.78 is 0. The van der Waals surface area contributed by atoms with Gasteiger partial charge in [0.25, 0.3) is 0 Å². The van der Waals surface area contributed by atoms with Crippen LogP contribution in [0.2, 0.25) is 0 Å². The summed E-state index contributed by atoms with van der Waals surface area (Å²) >= 11 is 0. The highest BCUT2D eigenvalue weighted by molar-refractivity contribution is 5.98. The van der Waals surface area contributed by atoms with E-state index in [4.69, 9.17) is 0 Å². The zero-order chi connectivity index (χ0) is 10.8. The van der Waals surface area contributed by atoms with Crippen LogP contribution in [0.25, 0.3) is 10.9 Å². The van der Waals surface area contributed by atoms with Gasteiger partial charge in [0.1, 0.15) is 0 Å². The molecule has 1 aromatic heterocycles. The molecule has 76 valence electrons. The van der Waals surface area contributed by atoms with Crippen molar-refractivity contribution in [1.29, 1.82) is 0 Å². The van der Waals surface area contributed by atoms with Crippen LogP contribution in [-0.2, 0) is 4.79 Å². The minimum Gasteiger partial charge on any atom is -0.352 e. The van der Waals surface area contributed by atoms with Gasteiger partial charge in [-0.3, -0.25) is 9.59 Å². The zero-order valence-corrected chi connectivity index (χ0v) is 8.20. The Kier molecular flexibility index (Phi) is 2.25. The number of aromatic amines is 1. The Balaban J connectivity index is 2.51. The zero-order valence-electron chi connectivity index (χ0n) is 8.20. The molecule has 1 amide bonds. The van der Waals surface area contributed by atoms with Crippen molar-refractivity contribution >= 4 is 28.8 Å². The van der Waals surface area contributed by atoms with Gasteiger partial charge in [0.2, 0.25) is 6.41 Å². The van der Waals surface area contributed by atoms with Gasteiger partial charge in [0, 0.05) is 23.5 Å². The molecule has 0 aliphatic carbocycles. The van der Waals surface area contributed by atoms with E-state index in [1.54, 1.807) is 12.1 Å². The fourth-order valence-corrected chi connectivity index (χ4v) is 1.48. The number of rotatable bonds is 3. The molecular weight excluding hydrogens is 192 g/mol. The number of fused-ring (bicyclic) bond motifs is 1. The van der Waals surface area contributed by atoms with E-state index in [0.717, 1.165) is 10.9 Å². The van der Waals surface area contributed by atoms with Gasteiger partial charge in [0.05, 0.1) is 5.69 Å². The molecule has 4 nitrogen and oxygen atoms in total. The van der Waals surface area contributed by atoms with Crippen molar-refractivity contribution in [3.63, 3.8) is 0 Å². The maximum atomic E-state index is 11.1. The number of aromatic nitrogens is 1. The third-order valence-electron chi connectivity index (χ3n) is 2.23. The molecule has 0 saturated carbocycles. The summed E-state index contributed by atoms with van der Waals surface area (Å²) in [5.41, 5.74) is 2.18. The highest BCUT2D eigenvalue weighted by Gasteiger charge is 2.04. The molecule has 0 aliphatic rings. The van der Waals surface area contributed by atoms with Crippen LogP contribution in [0, 0.1) is 0 Å². The quantitative estimate of drug-likeness (QED) is 0.590. The van der Waals surface area contributed by atoms with E-state index in [2.05, 4.69) is 10.3 Å². The summed E-state index contributed by atoms with van der Waals surface area (Å²) in [5, 5.41) is 3.47. The van der Waals surface area contributed by atoms with Gasteiger partial charge in [-0.05, 0) is 24.3 Å². The molecule has 2 aromatic rings. The first kappa shape index (κ1) is 9.45. The fraction of sp³-hybridized carbons (Fsp3) is 0.0909. The molecule has 0 atom stereocenters. The predicted molar refractivity (Wildman–Crippen MR) is 58.0 cm³/mol. The van der Waals surface area contributed by atoms with Crippen LogP contribution in [0.4, 0.5) is 5.69 Å². The van der Waals surface area contributed by atoms with E-state index in [1.165, 1.54) is 6.92 Å².